The second-order valence-electron chi connectivity index (χ2n) is 4.15. The van der Waals surface area contributed by atoms with Gasteiger partial charge in [-0.25, -0.2) is 4.98 Å². The SMILES string of the molecule is COc1ccnc(N2CCC(OCCCl)CC2)n1. The standard InChI is InChI=1S/C12H18ClN3O2/c1-17-11-2-6-14-12(15-11)16-7-3-10(4-8-16)18-9-5-13/h2,6,10H,3-5,7-9H2,1H3. The monoisotopic (exact) mass is 271 g/mol. The minimum atomic E-state index is 0.311. The number of halogens is 1. The Kier molecular flexibility index (Phi) is 5.01. The second kappa shape index (κ2) is 6.75. The van der Waals surface area contributed by atoms with E-state index >= 15 is 0 Å². The average molecular weight is 272 g/mol. The zero-order valence-electron chi connectivity index (χ0n) is 10.5. The van der Waals surface area contributed by atoms with Crippen molar-refractivity contribution in [2.75, 3.05) is 37.6 Å². The number of ether oxygens (including phenoxy) is 2. The fraction of sp³-hybridized carbons (Fsp3) is 0.667. The summed E-state index contributed by atoms with van der Waals surface area (Å²) in [5.74, 6) is 1.88. The van der Waals surface area contributed by atoms with Crippen molar-refractivity contribution in [3.63, 3.8) is 0 Å². The topological polar surface area (TPSA) is 47.5 Å². The first-order chi connectivity index (χ1) is 8.83. The Labute approximate surface area is 112 Å². The van der Waals surface area contributed by atoms with Gasteiger partial charge in [-0.2, -0.15) is 4.98 Å². The number of aromatic nitrogens is 2. The molecule has 0 atom stereocenters. The van der Waals surface area contributed by atoms with Crippen LogP contribution in [0.15, 0.2) is 12.3 Å². The fourth-order valence-corrected chi connectivity index (χ4v) is 2.12. The molecule has 0 N–H and O–H groups in total. The van der Waals surface area contributed by atoms with Crippen molar-refractivity contribution in [1.29, 1.82) is 0 Å². The molecule has 0 amide bonds. The lowest BCUT2D eigenvalue weighted by atomic mass is 10.1. The van der Waals surface area contributed by atoms with Crippen molar-refractivity contribution in [3.8, 4) is 5.88 Å². The summed E-state index contributed by atoms with van der Waals surface area (Å²) in [4.78, 5) is 10.8. The lowest BCUT2D eigenvalue weighted by Crippen LogP contribution is -2.38. The maximum absolute atomic E-state index is 5.64. The van der Waals surface area contributed by atoms with Gasteiger partial charge < -0.3 is 14.4 Å². The second-order valence-corrected chi connectivity index (χ2v) is 4.52. The molecule has 0 radical (unpaired) electrons. The minimum absolute atomic E-state index is 0.311. The van der Waals surface area contributed by atoms with Crippen LogP contribution >= 0.6 is 11.6 Å². The number of anilines is 1. The van der Waals surface area contributed by atoms with Crippen LogP contribution in [0.2, 0.25) is 0 Å². The number of alkyl halides is 1. The largest absolute Gasteiger partial charge is 0.481 e. The molecule has 1 saturated heterocycles. The van der Waals surface area contributed by atoms with Crippen LogP contribution in [0.25, 0.3) is 0 Å². The molecule has 18 heavy (non-hydrogen) atoms. The number of hydrogen-bond donors (Lipinski definition) is 0. The summed E-state index contributed by atoms with van der Waals surface area (Å²) in [6, 6.07) is 1.75. The summed E-state index contributed by atoms with van der Waals surface area (Å²) in [6.07, 6.45) is 4.00. The molecular formula is C12H18ClN3O2. The third-order valence-corrected chi connectivity index (χ3v) is 3.14. The van der Waals surface area contributed by atoms with Gasteiger partial charge in [-0.1, -0.05) is 0 Å². The molecule has 0 aliphatic carbocycles. The van der Waals surface area contributed by atoms with Crippen molar-refractivity contribution in [1.82, 2.24) is 9.97 Å². The van der Waals surface area contributed by atoms with Gasteiger partial charge in [0.1, 0.15) is 0 Å². The summed E-state index contributed by atoms with van der Waals surface area (Å²) in [5, 5.41) is 0. The molecule has 1 aromatic heterocycles. The van der Waals surface area contributed by atoms with E-state index in [1.54, 1.807) is 19.4 Å². The molecule has 2 rings (SSSR count). The van der Waals surface area contributed by atoms with E-state index in [-0.39, 0.29) is 0 Å². The van der Waals surface area contributed by atoms with E-state index < -0.39 is 0 Å². The molecular weight excluding hydrogens is 254 g/mol. The van der Waals surface area contributed by atoms with Crippen LogP contribution in [0.4, 0.5) is 5.95 Å². The molecule has 6 heteroatoms. The van der Waals surface area contributed by atoms with E-state index in [2.05, 4.69) is 14.9 Å². The van der Waals surface area contributed by atoms with Crippen LogP contribution < -0.4 is 9.64 Å². The Morgan fingerprint density at radius 2 is 2.22 bits per heavy atom. The maximum Gasteiger partial charge on any atom is 0.228 e. The van der Waals surface area contributed by atoms with Crippen molar-refractivity contribution in [2.45, 2.75) is 18.9 Å². The summed E-state index contributed by atoms with van der Waals surface area (Å²) in [7, 11) is 1.61. The van der Waals surface area contributed by atoms with Gasteiger partial charge in [0.25, 0.3) is 0 Å². The van der Waals surface area contributed by atoms with E-state index in [0.29, 0.717) is 24.5 Å². The smallest absolute Gasteiger partial charge is 0.228 e. The Bertz CT molecular complexity index is 370. The van der Waals surface area contributed by atoms with Gasteiger partial charge in [0.2, 0.25) is 11.8 Å². The predicted molar refractivity (Wildman–Crippen MR) is 70.5 cm³/mol. The van der Waals surface area contributed by atoms with Crippen LogP contribution in [0, 0.1) is 0 Å². The molecule has 1 aliphatic heterocycles. The van der Waals surface area contributed by atoms with Crippen molar-refractivity contribution < 1.29 is 9.47 Å². The highest BCUT2D eigenvalue weighted by Crippen LogP contribution is 2.19. The van der Waals surface area contributed by atoms with Crippen LogP contribution in [0.3, 0.4) is 0 Å². The average Bonchev–Trinajstić information content (AvgIpc) is 2.46. The number of nitrogens with zero attached hydrogens (tertiary/aromatic N) is 3. The quantitative estimate of drug-likeness (QED) is 0.763. The normalized spacial score (nSPS) is 16.9. The maximum atomic E-state index is 5.64. The molecule has 0 unspecified atom stereocenters. The molecule has 1 aliphatic rings. The highest BCUT2D eigenvalue weighted by atomic mass is 35.5. The van der Waals surface area contributed by atoms with Gasteiger partial charge in [-0.15, -0.1) is 11.6 Å². The zero-order valence-corrected chi connectivity index (χ0v) is 11.3. The third-order valence-electron chi connectivity index (χ3n) is 2.98. The van der Waals surface area contributed by atoms with Crippen molar-refractivity contribution >= 4 is 17.5 Å². The highest BCUT2D eigenvalue weighted by molar-refractivity contribution is 6.17. The van der Waals surface area contributed by atoms with E-state index in [1.165, 1.54) is 0 Å². The predicted octanol–water partition coefficient (Wildman–Crippen LogP) is 1.71. The molecule has 100 valence electrons. The molecule has 2 heterocycles. The number of piperidine rings is 1. The summed E-state index contributed by atoms with van der Waals surface area (Å²) in [6.45, 7) is 2.43. The van der Waals surface area contributed by atoms with Crippen LogP contribution in [0.1, 0.15) is 12.8 Å². The van der Waals surface area contributed by atoms with Gasteiger partial charge in [0.05, 0.1) is 19.8 Å². The van der Waals surface area contributed by atoms with Crippen LogP contribution in [-0.4, -0.2) is 48.8 Å². The Morgan fingerprint density at radius 1 is 1.44 bits per heavy atom. The number of rotatable bonds is 5. The lowest BCUT2D eigenvalue weighted by Gasteiger charge is -2.31. The van der Waals surface area contributed by atoms with E-state index in [9.17, 15) is 0 Å². The number of methoxy groups -OCH3 is 1. The third kappa shape index (κ3) is 3.46. The Morgan fingerprint density at radius 3 is 2.89 bits per heavy atom. The van der Waals surface area contributed by atoms with Gasteiger partial charge in [-0.3, -0.25) is 0 Å². The summed E-state index contributed by atoms with van der Waals surface area (Å²) in [5.41, 5.74) is 0. The molecule has 5 nitrogen and oxygen atoms in total. The van der Waals surface area contributed by atoms with Gasteiger partial charge in [-0.05, 0) is 12.8 Å². The fourth-order valence-electron chi connectivity index (χ4n) is 2.03. The number of hydrogen-bond acceptors (Lipinski definition) is 5. The summed E-state index contributed by atoms with van der Waals surface area (Å²) >= 11 is 5.61. The first kappa shape index (κ1) is 13.4. The first-order valence-electron chi connectivity index (χ1n) is 6.13. The molecule has 1 fully saturated rings. The molecule has 1 aromatic rings. The highest BCUT2D eigenvalue weighted by Gasteiger charge is 2.21. The first-order valence-corrected chi connectivity index (χ1v) is 6.66. The van der Waals surface area contributed by atoms with E-state index in [0.717, 1.165) is 31.9 Å². The molecule has 0 saturated carbocycles. The van der Waals surface area contributed by atoms with Gasteiger partial charge in [0, 0.05) is 31.2 Å². The minimum Gasteiger partial charge on any atom is -0.481 e. The molecule has 0 aromatic carbocycles. The lowest BCUT2D eigenvalue weighted by molar-refractivity contribution is 0.0470. The molecule has 0 spiro atoms. The van der Waals surface area contributed by atoms with E-state index in [4.69, 9.17) is 21.1 Å². The zero-order chi connectivity index (χ0) is 12.8. The molecule has 0 bridgehead atoms. The Hall–Kier alpha value is -1.07. The van der Waals surface area contributed by atoms with Crippen molar-refractivity contribution in [3.05, 3.63) is 12.3 Å². The summed E-state index contributed by atoms with van der Waals surface area (Å²) < 4.78 is 10.7. The van der Waals surface area contributed by atoms with Gasteiger partial charge >= 0.3 is 0 Å². The van der Waals surface area contributed by atoms with Crippen LogP contribution in [0.5, 0.6) is 5.88 Å². The Balaban J connectivity index is 1.88. The van der Waals surface area contributed by atoms with E-state index in [1.807, 2.05) is 0 Å². The van der Waals surface area contributed by atoms with Crippen LogP contribution in [-0.2, 0) is 4.74 Å². The van der Waals surface area contributed by atoms with Crippen molar-refractivity contribution in [2.24, 2.45) is 0 Å². The van der Waals surface area contributed by atoms with Gasteiger partial charge in [0.15, 0.2) is 0 Å².